The van der Waals surface area contributed by atoms with E-state index < -0.39 is 5.97 Å². The van der Waals surface area contributed by atoms with E-state index >= 15 is 0 Å². The fourth-order valence-corrected chi connectivity index (χ4v) is 2.67. The van der Waals surface area contributed by atoms with E-state index in [1.807, 2.05) is 37.3 Å². The summed E-state index contributed by atoms with van der Waals surface area (Å²) in [5.74, 6) is 0.486. The summed E-state index contributed by atoms with van der Waals surface area (Å²) in [6, 6.07) is 14.7. The molecule has 26 heavy (non-hydrogen) atoms. The van der Waals surface area contributed by atoms with Crippen LogP contribution in [0.2, 0.25) is 0 Å². The number of esters is 1. The summed E-state index contributed by atoms with van der Waals surface area (Å²) in [5.41, 5.74) is 1.74. The van der Waals surface area contributed by atoms with Gasteiger partial charge >= 0.3 is 5.97 Å². The summed E-state index contributed by atoms with van der Waals surface area (Å²) in [4.78, 5) is 23.9. The first-order valence-electron chi connectivity index (χ1n) is 8.50. The molecular formula is C20H21NO5. The Morgan fingerprint density at radius 1 is 1.08 bits per heavy atom. The highest BCUT2D eigenvalue weighted by Gasteiger charge is 2.15. The highest BCUT2D eigenvalue weighted by molar-refractivity contribution is 5.81. The number of ether oxygens (including phenoxy) is 3. The minimum Gasteiger partial charge on any atom is -0.486 e. The minimum atomic E-state index is -0.468. The summed E-state index contributed by atoms with van der Waals surface area (Å²) in [5, 5.41) is 2.80. The maximum Gasteiger partial charge on any atom is 0.310 e. The van der Waals surface area contributed by atoms with Gasteiger partial charge in [0.1, 0.15) is 13.2 Å². The number of hydrogen-bond donors (Lipinski definition) is 1. The zero-order valence-corrected chi connectivity index (χ0v) is 14.6. The van der Waals surface area contributed by atoms with Crippen molar-refractivity contribution in [3.05, 3.63) is 59.7 Å². The van der Waals surface area contributed by atoms with Gasteiger partial charge in [-0.1, -0.05) is 36.4 Å². The predicted octanol–water partition coefficient (Wildman–Crippen LogP) is 2.42. The zero-order chi connectivity index (χ0) is 18.4. The van der Waals surface area contributed by atoms with E-state index in [0.717, 1.165) is 11.1 Å². The third kappa shape index (κ3) is 4.75. The van der Waals surface area contributed by atoms with Crippen molar-refractivity contribution >= 4 is 11.9 Å². The van der Waals surface area contributed by atoms with Crippen molar-refractivity contribution in [2.45, 2.75) is 19.4 Å². The van der Waals surface area contributed by atoms with Gasteiger partial charge in [0.25, 0.3) is 5.91 Å². The summed E-state index contributed by atoms with van der Waals surface area (Å²) < 4.78 is 16.0. The third-order valence-corrected chi connectivity index (χ3v) is 4.00. The second-order valence-corrected chi connectivity index (χ2v) is 6.02. The Balaban J connectivity index is 1.46. The Bertz CT molecular complexity index is 775. The number of carbonyl (C=O) groups excluding carboxylic acids is 2. The number of nitrogens with one attached hydrogen (secondary N) is 1. The lowest BCUT2D eigenvalue weighted by molar-refractivity contribution is -0.148. The molecule has 0 fully saturated rings. The summed E-state index contributed by atoms with van der Waals surface area (Å²) >= 11 is 0. The van der Waals surface area contributed by atoms with Gasteiger partial charge in [-0.15, -0.1) is 0 Å². The van der Waals surface area contributed by atoms with Crippen molar-refractivity contribution < 1.29 is 23.8 Å². The fraction of sp³-hybridized carbons (Fsp3) is 0.300. The first-order chi connectivity index (χ1) is 12.6. The van der Waals surface area contributed by atoms with Gasteiger partial charge in [0.15, 0.2) is 18.1 Å². The highest BCUT2D eigenvalue weighted by Crippen LogP contribution is 2.30. The molecule has 3 rings (SSSR count). The number of hydrogen-bond acceptors (Lipinski definition) is 5. The molecule has 1 heterocycles. The number of benzene rings is 2. The standard InChI is InChI=1S/C20H21NO5/c1-14(16-5-3-2-4-6-16)21-19(22)13-26-20(23)12-15-7-8-17-18(11-15)25-10-9-24-17/h2-8,11,14H,9-10,12-13H2,1H3,(H,21,22)/t14-/m0/s1. The topological polar surface area (TPSA) is 73.9 Å². The van der Waals surface area contributed by atoms with E-state index in [9.17, 15) is 9.59 Å². The normalized spacial score (nSPS) is 13.6. The van der Waals surface area contributed by atoms with Crippen LogP contribution in [-0.2, 0) is 20.7 Å². The van der Waals surface area contributed by atoms with E-state index in [-0.39, 0.29) is 25.0 Å². The summed E-state index contributed by atoms with van der Waals surface area (Å²) in [6.07, 6.45) is 0.0676. The number of rotatable bonds is 6. The molecule has 1 N–H and O–H groups in total. The van der Waals surface area contributed by atoms with Gasteiger partial charge in [-0.2, -0.15) is 0 Å². The molecule has 1 amide bonds. The van der Waals surface area contributed by atoms with Crippen molar-refractivity contribution in [3.8, 4) is 11.5 Å². The lowest BCUT2D eigenvalue weighted by Crippen LogP contribution is -2.31. The molecule has 1 atom stereocenters. The molecule has 1 aliphatic heterocycles. The van der Waals surface area contributed by atoms with Crippen molar-refractivity contribution in [3.63, 3.8) is 0 Å². The lowest BCUT2D eigenvalue weighted by Gasteiger charge is -2.18. The molecular weight excluding hydrogens is 334 g/mol. The molecule has 2 aromatic rings. The minimum absolute atomic E-state index is 0.0676. The Morgan fingerprint density at radius 3 is 2.58 bits per heavy atom. The average molecular weight is 355 g/mol. The van der Waals surface area contributed by atoms with Crippen molar-refractivity contribution in [2.75, 3.05) is 19.8 Å². The molecule has 0 aromatic heterocycles. The van der Waals surface area contributed by atoms with Crippen molar-refractivity contribution in [2.24, 2.45) is 0 Å². The van der Waals surface area contributed by atoms with Crippen LogP contribution in [0.4, 0.5) is 0 Å². The van der Waals surface area contributed by atoms with E-state index in [2.05, 4.69) is 5.32 Å². The first-order valence-corrected chi connectivity index (χ1v) is 8.50. The van der Waals surface area contributed by atoms with Gasteiger partial charge < -0.3 is 19.5 Å². The van der Waals surface area contributed by atoms with Crippen LogP contribution in [-0.4, -0.2) is 31.7 Å². The molecule has 6 nitrogen and oxygen atoms in total. The lowest BCUT2D eigenvalue weighted by atomic mass is 10.1. The molecule has 6 heteroatoms. The van der Waals surface area contributed by atoms with Gasteiger partial charge in [-0.25, -0.2) is 0 Å². The number of carbonyl (C=O) groups is 2. The Labute approximate surface area is 152 Å². The van der Waals surface area contributed by atoms with E-state index in [1.165, 1.54) is 0 Å². The van der Waals surface area contributed by atoms with Gasteiger partial charge in [0.05, 0.1) is 12.5 Å². The molecule has 0 radical (unpaired) electrons. The number of fused-ring (bicyclic) bond motifs is 1. The highest BCUT2D eigenvalue weighted by atomic mass is 16.6. The summed E-state index contributed by atoms with van der Waals surface area (Å²) in [7, 11) is 0. The van der Waals surface area contributed by atoms with Crippen molar-refractivity contribution in [1.82, 2.24) is 5.32 Å². The van der Waals surface area contributed by atoms with E-state index in [1.54, 1.807) is 18.2 Å². The molecule has 2 aromatic carbocycles. The van der Waals surface area contributed by atoms with Crippen LogP contribution < -0.4 is 14.8 Å². The van der Waals surface area contributed by atoms with Gasteiger partial charge in [0.2, 0.25) is 0 Å². The van der Waals surface area contributed by atoms with Crippen LogP contribution in [0.1, 0.15) is 24.1 Å². The average Bonchev–Trinajstić information content (AvgIpc) is 2.67. The van der Waals surface area contributed by atoms with Gasteiger partial charge in [-0.05, 0) is 30.2 Å². The molecule has 0 aliphatic carbocycles. The fourth-order valence-electron chi connectivity index (χ4n) is 2.67. The SMILES string of the molecule is C[C@H](NC(=O)COC(=O)Cc1ccc2c(c1)OCCO2)c1ccccc1. The maximum atomic E-state index is 12.0. The zero-order valence-electron chi connectivity index (χ0n) is 14.6. The Morgan fingerprint density at radius 2 is 1.81 bits per heavy atom. The molecule has 1 aliphatic rings. The molecule has 0 saturated carbocycles. The van der Waals surface area contributed by atoms with Gasteiger partial charge in [-0.3, -0.25) is 9.59 Å². The smallest absolute Gasteiger partial charge is 0.310 e. The Kier molecular flexibility index (Phi) is 5.73. The van der Waals surface area contributed by atoms with Crippen LogP contribution in [0, 0.1) is 0 Å². The second-order valence-electron chi connectivity index (χ2n) is 6.02. The predicted molar refractivity (Wildman–Crippen MR) is 95.1 cm³/mol. The molecule has 0 unspecified atom stereocenters. The van der Waals surface area contributed by atoms with Crippen LogP contribution in [0.5, 0.6) is 11.5 Å². The maximum absolute atomic E-state index is 12.0. The van der Waals surface area contributed by atoms with Gasteiger partial charge in [0, 0.05) is 0 Å². The van der Waals surface area contributed by atoms with Crippen LogP contribution in [0.25, 0.3) is 0 Å². The third-order valence-electron chi connectivity index (χ3n) is 4.00. The van der Waals surface area contributed by atoms with Crippen molar-refractivity contribution in [1.29, 1.82) is 0 Å². The molecule has 136 valence electrons. The van der Waals surface area contributed by atoms with Crippen LogP contribution in [0.15, 0.2) is 48.5 Å². The van der Waals surface area contributed by atoms with Crippen LogP contribution >= 0.6 is 0 Å². The molecule has 0 bridgehead atoms. The second kappa shape index (κ2) is 8.38. The largest absolute Gasteiger partial charge is 0.486 e. The van der Waals surface area contributed by atoms with E-state index in [0.29, 0.717) is 24.7 Å². The number of amides is 1. The first kappa shape index (κ1) is 17.8. The summed E-state index contributed by atoms with van der Waals surface area (Å²) in [6.45, 7) is 2.58. The molecule has 0 saturated heterocycles. The van der Waals surface area contributed by atoms with Crippen LogP contribution in [0.3, 0.4) is 0 Å². The monoisotopic (exact) mass is 355 g/mol. The Hall–Kier alpha value is -3.02. The molecule has 0 spiro atoms. The quantitative estimate of drug-likeness (QED) is 0.806. The van der Waals surface area contributed by atoms with E-state index in [4.69, 9.17) is 14.2 Å².